The number of pyridine rings is 1. The molecule has 0 bridgehead atoms. The Bertz CT molecular complexity index is 1010. The van der Waals surface area contributed by atoms with Crippen LogP contribution in [0.25, 0.3) is 11.0 Å². The molecule has 0 N–H and O–H groups in total. The second-order valence-electron chi connectivity index (χ2n) is 7.46. The van der Waals surface area contributed by atoms with E-state index in [4.69, 9.17) is 4.74 Å². The molecule has 2 aromatic heterocycles. The van der Waals surface area contributed by atoms with Crippen LogP contribution in [0, 0.1) is 6.92 Å². The molecule has 1 amide bonds. The molecule has 2 heterocycles. The quantitative estimate of drug-likeness (QED) is 0.675. The summed E-state index contributed by atoms with van der Waals surface area (Å²) in [5.41, 5.74) is 1.70. The highest BCUT2D eigenvalue weighted by Gasteiger charge is 2.27. The Hall–Kier alpha value is -3.15. The van der Waals surface area contributed by atoms with Gasteiger partial charge in [0.1, 0.15) is 16.9 Å². The number of amides is 1. The van der Waals surface area contributed by atoms with Gasteiger partial charge in [0.2, 0.25) is 0 Å². The lowest BCUT2D eigenvalue weighted by molar-refractivity contribution is 0.0534. The molecule has 0 unspecified atom stereocenters. The second kappa shape index (κ2) is 6.87. The second-order valence-corrected chi connectivity index (χ2v) is 7.46. The fourth-order valence-electron chi connectivity index (χ4n) is 2.81. The van der Waals surface area contributed by atoms with Gasteiger partial charge in [-0.3, -0.25) is 4.79 Å². The van der Waals surface area contributed by atoms with Crippen LogP contribution >= 0.6 is 0 Å². The Balaban J connectivity index is 2.09. The smallest absolute Gasteiger partial charge is 0.420 e. The zero-order chi connectivity index (χ0) is 19.8. The van der Waals surface area contributed by atoms with Crippen molar-refractivity contribution in [2.24, 2.45) is 0 Å². The van der Waals surface area contributed by atoms with Crippen LogP contribution in [0.3, 0.4) is 0 Å². The number of anilines is 1. The number of aromatic nitrogens is 2. The topological polar surface area (TPSA) is 64.4 Å². The molecular weight excluding hydrogens is 342 g/mol. The lowest BCUT2D eigenvalue weighted by Gasteiger charge is -2.22. The van der Waals surface area contributed by atoms with Crippen molar-refractivity contribution in [2.75, 3.05) is 11.9 Å². The minimum Gasteiger partial charge on any atom is -0.443 e. The van der Waals surface area contributed by atoms with E-state index in [0.717, 1.165) is 11.3 Å². The standard InChI is InChI=1S/C21H23N3O3/c1-14-8-6-10-16(12-14)23(5)19(25)17-13-15-9-7-11-22-18(15)24(17)20(26)27-21(2,3)4/h6-13H,1-5H3. The van der Waals surface area contributed by atoms with Crippen LogP contribution in [0.5, 0.6) is 0 Å². The van der Waals surface area contributed by atoms with E-state index in [1.165, 1.54) is 9.47 Å². The summed E-state index contributed by atoms with van der Waals surface area (Å²) in [6.45, 7) is 7.31. The summed E-state index contributed by atoms with van der Waals surface area (Å²) in [6.07, 6.45) is 0.957. The van der Waals surface area contributed by atoms with E-state index in [-0.39, 0.29) is 11.6 Å². The summed E-state index contributed by atoms with van der Waals surface area (Å²) >= 11 is 0. The van der Waals surface area contributed by atoms with Crippen LogP contribution in [-0.4, -0.2) is 34.2 Å². The molecule has 0 atom stereocenters. The van der Waals surface area contributed by atoms with Gasteiger partial charge < -0.3 is 9.64 Å². The van der Waals surface area contributed by atoms with E-state index < -0.39 is 11.7 Å². The van der Waals surface area contributed by atoms with E-state index in [0.29, 0.717) is 11.0 Å². The number of fused-ring (bicyclic) bond motifs is 1. The predicted octanol–water partition coefficient (Wildman–Crippen LogP) is 4.40. The number of benzene rings is 1. The maximum Gasteiger partial charge on any atom is 0.420 e. The van der Waals surface area contributed by atoms with Gasteiger partial charge in [0, 0.05) is 24.3 Å². The predicted molar refractivity (Wildman–Crippen MR) is 105 cm³/mol. The van der Waals surface area contributed by atoms with E-state index in [1.807, 2.05) is 37.3 Å². The Morgan fingerprint density at radius 2 is 1.85 bits per heavy atom. The highest BCUT2D eigenvalue weighted by molar-refractivity contribution is 6.10. The number of rotatable bonds is 2. The maximum absolute atomic E-state index is 13.2. The van der Waals surface area contributed by atoms with Crippen LogP contribution in [0.1, 0.15) is 36.8 Å². The number of carbonyl (C=O) groups excluding carboxylic acids is 2. The van der Waals surface area contributed by atoms with E-state index in [9.17, 15) is 9.59 Å². The first kappa shape index (κ1) is 18.6. The van der Waals surface area contributed by atoms with Crippen LogP contribution in [0.4, 0.5) is 10.5 Å². The summed E-state index contributed by atoms with van der Waals surface area (Å²) in [6, 6.07) is 12.9. The van der Waals surface area contributed by atoms with Crippen molar-refractivity contribution >= 4 is 28.7 Å². The van der Waals surface area contributed by atoms with Crippen LogP contribution in [-0.2, 0) is 4.74 Å². The fraction of sp³-hybridized carbons (Fsp3) is 0.286. The highest BCUT2D eigenvalue weighted by atomic mass is 16.6. The minimum atomic E-state index is -0.689. The van der Waals surface area contributed by atoms with Crippen molar-refractivity contribution in [1.29, 1.82) is 0 Å². The molecule has 3 aromatic rings. The summed E-state index contributed by atoms with van der Waals surface area (Å²) in [5, 5.41) is 0.698. The van der Waals surface area contributed by atoms with Crippen molar-refractivity contribution < 1.29 is 14.3 Å². The first-order valence-corrected chi connectivity index (χ1v) is 8.72. The monoisotopic (exact) mass is 365 g/mol. The zero-order valence-electron chi connectivity index (χ0n) is 16.2. The van der Waals surface area contributed by atoms with Gasteiger partial charge in [-0.1, -0.05) is 12.1 Å². The molecule has 6 heteroatoms. The number of aryl methyl sites for hydroxylation is 1. The van der Waals surface area contributed by atoms with E-state index in [2.05, 4.69) is 4.98 Å². The molecule has 0 aliphatic rings. The molecule has 0 fully saturated rings. The van der Waals surface area contributed by atoms with Gasteiger partial charge >= 0.3 is 6.09 Å². The average Bonchev–Trinajstić information content (AvgIpc) is 2.98. The lowest BCUT2D eigenvalue weighted by Crippen LogP contribution is -2.33. The van der Waals surface area contributed by atoms with Crippen LogP contribution in [0.2, 0.25) is 0 Å². The third-order valence-electron chi connectivity index (χ3n) is 4.05. The Kier molecular flexibility index (Phi) is 4.74. The van der Waals surface area contributed by atoms with Crippen LogP contribution in [0.15, 0.2) is 48.7 Å². The summed E-state index contributed by atoms with van der Waals surface area (Å²) in [4.78, 5) is 31.8. The van der Waals surface area contributed by atoms with Gasteiger partial charge in [0.05, 0.1) is 0 Å². The number of nitrogens with zero attached hydrogens (tertiary/aromatic N) is 3. The molecule has 0 saturated heterocycles. The fourth-order valence-corrected chi connectivity index (χ4v) is 2.81. The Morgan fingerprint density at radius 1 is 1.11 bits per heavy atom. The van der Waals surface area contributed by atoms with Crippen molar-refractivity contribution in [3.05, 3.63) is 59.9 Å². The molecule has 0 aliphatic heterocycles. The first-order valence-electron chi connectivity index (χ1n) is 8.72. The minimum absolute atomic E-state index is 0.210. The molecule has 0 aliphatic carbocycles. The summed E-state index contributed by atoms with van der Waals surface area (Å²) < 4.78 is 6.74. The van der Waals surface area contributed by atoms with Gasteiger partial charge in [-0.15, -0.1) is 0 Å². The molecular formula is C21H23N3O3. The molecule has 1 aromatic carbocycles. The lowest BCUT2D eigenvalue weighted by atomic mass is 10.2. The number of ether oxygens (including phenoxy) is 1. The van der Waals surface area contributed by atoms with Crippen molar-refractivity contribution in [3.63, 3.8) is 0 Å². The SMILES string of the molecule is Cc1cccc(N(C)C(=O)c2cc3cccnc3n2C(=O)OC(C)(C)C)c1. The molecule has 0 radical (unpaired) electrons. The third kappa shape index (κ3) is 3.84. The molecule has 140 valence electrons. The van der Waals surface area contributed by atoms with Gasteiger partial charge in [-0.25, -0.2) is 14.3 Å². The zero-order valence-corrected chi connectivity index (χ0v) is 16.2. The number of hydrogen-bond donors (Lipinski definition) is 0. The van der Waals surface area contributed by atoms with Gasteiger partial charge in [0.25, 0.3) is 5.91 Å². The van der Waals surface area contributed by atoms with Crippen molar-refractivity contribution in [3.8, 4) is 0 Å². The summed E-state index contributed by atoms with van der Waals surface area (Å²) in [5.74, 6) is -0.315. The average molecular weight is 365 g/mol. The normalized spacial score (nSPS) is 11.4. The van der Waals surface area contributed by atoms with Gasteiger partial charge in [-0.2, -0.15) is 0 Å². The molecule has 3 rings (SSSR count). The van der Waals surface area contributed by atoms with Crippen molar-refractivity contribution in [2.45, 2.75) is 33.3 Å². The molecule has 0 saturated carbocycles. The molecule has 27 heavy (non-hydrogen) atoms. The van der Waals surface area contributed by atoms with Gasteiger partial charge in [-0.05, 0) is 63.6 Å². The molecule has 6 nitrogen and oxygen atoms in total. The first-order chi connectivity index (χ1) is 12.7. The van der Waals surface area contributed by atoms with E-state index >= 15 is 0 Å². The van der Waals surface area contributed by atoms with Crippen LogP contribution < -0.4 is 4.90 Å². The Morgan fingerprint density at radius 3 is 2.52 bits per heavy atom. The largest absolute Gasteiger partial charge is 0.443 e. The summed E-state index contributed by atoms with van der Waals surface area (Å²) in [7, 11) is 1.68. The van der Waals surface area contributed by atoms with Crippen molar-refractivity contribution in [1.82, 2.24) is 9.55 Å². The third-order valence-corrected chi connectivity index (χ3v) is 4.05. The maximum atomic E-state index is 13.2. The highest BCUT2D eigenvalue weighted by Crippen LogP contribution is 2.23. The van der Waals surface area contributed by atoms with Gasteiger partial charge in [0.15, 0.2) is 0 Å². The molecule has 0 spiro atoms. The number of carbonyl (C=O) groups is 2. The number of hydrogen-bond acceptors (Lipinski definition) is 4. The Labute approximate surface area is 158 Å². The van der Waals surface area contributed by atoms with E-state index in [1.54, 1.807) is 46.1 Å².